The van der Waals surface area contributed by atoms with Crippen molar-refractivity contribution in [1.29, 1.82) is 0 Å². The fourth-order valence-electron chi connectivity index (χ4n) is 3.49. The van der Waals surface area contributed by atoms with Crippen LogP contribution in [0.4, 0.5) is 11.4 Å². The van der Waals surface area contributed by atoms with Gasteiger partial charge in [0.05, 0.1) is 4.92 Å². The highest BCUT2D eigenvalue weighted by atomic mass is 127. The van der Waals surface area contributed by atoms with E-state index in [-0.39, 0.29) is 10.6 Å². The molecule has 1 aromatic carbocycles. The first-order valence-corrected chi connectivity index (χ1v) is 8.68. The highest BCUT2D eigenvalue weighted by Crippen LogP contribution is 2.43. The Kier molecular flexibility index (Phi) is 5.46. The maximum atomic E-state index is 10.8. The van der Waals surface area contributed by atoms with Gasteiger partial charge in [-0.25, -0.2) is 0 Å². The van der Waals surface area contributed by atoms with Gasteiger partial charge in [0.15, 0.2) is 0 Å². The van der Waals surface area contributed by atoms with Crippen molar-refractivity contribution in [2.45, 2.75) is 46.0 Å². The molecule has 1 aliphatic carbocycles. The molecule has 0 amide bonds. The summed E-state index contributed by atoms with van der Waals surface area (Å²) < 4.78 is 0.916. The SMILES string of the molecule is CC(C)CC1(CNc2ccc([N+](=O)[O-])cc2I)CCCC1. The maximum Gasteiger partial charge on any atom is 0.270 e. The Labute approximate surface area is 140 Å². The number of nitro groups is 1. The Hall–Kier alpha value is -0.850. The van der Waals surface area contributed by atoms with E-state index in [4.69, 9.17) is 0 Å². The van der Waals surface area contributed by atoms with E-state index in [1.807, 2.05) is 6.07 Å². The summed E-state index contributed by atoms with van der Waals surface area (Å²) in [5, 5.41) is 14.3. The predicted molar refractivity (Wildman–Crippen MR) is 94.7 cm³/mol. The van der Waals surface area contributed by atoms with Crippen molar-refractivity contribution in [3.63, 3.8) is 0 Å². The van der Waals surface area contributed by atoms with Crippen molar-refractivity contribution < 1.29 is 4.92 Å². The maximum absolute atomic E-state index is 10.8. The lowest BCUT2D eigenvalue weighted by Gasteiger charge is -2.31. The molecule has 0 aromatic heterocycles. The second-order valence-electron chi connectivity index (χ2n) is 6.58. The van der Waals surface area contributed by atoms with Gasteiger partial charge in [0.25, 0.3) is 5.69 Å². The van der Waals surface area contributed by atoms with Crippen LogP contribution in [0.3, 0.4) is 0 Å². The Bertz CT molecular complexity index is 511. The molecule has 1 saturated carbocycles. The topological polar surface area (TPSA) is 55.2 Å². The molecular weight excluding hydrogens is 379 g/mol. The molecule has 0 heterocycles. The van der Waals surface area contributed by atoms with E-state index < -0.39 is 0 Å². The Morgan fingerprint density at radius 3 is 2.57 bits per heavy atom. The van der Waals surface area contributed by atoms with Gasteiger partial charge < -0.3 is 5.32 Å². The third-order valence-electron chi connectivity index (χ3n) is 4.32. The van der Waals surface area contributed by atoms with Gasteiger partial charge >= 0.3 is 0 Å². The molecule has 4 nitrogen and oxygen atoms in total. The zero-order valence-electron chi connectivity index (χ0n) is 12.7. The molecule has 0 bridgehead atoms. The summed E-state index contributed by atoms with van der Waals surface area (Å²) in [6, 6.07) is 5.04. The number of anilines is 1. The van der Waals surface area contributed by atoms with Crippen LogP contribution in [0.15, 0.2) is 18.2 Å². The van der Waals surface area contributed by atoms with Gasteiger partial charge in [-0.2, -0.15) is 0 Å². The van der Waals surface area contributed by atoms with E-state index in [0.29, 0.717) is 11.3 Å². The average Bonchev–Trinajstić information content (AvgIpc) is 2.85. The van der Waals surface area contributed by atoms with Crippen LogP contribution in [0.1, 0.15) is 46.0 Å². The Morgan fingerprint density at radius 1 is 1.38 bits per heavy atom. The van der Waals surface area contributed by atoms with Crippen molar-refractivity contribution in [3.05, 3.63) is 31.9 Å². The summed E-state index contributed by atoms with van der Waals surface area (Å²) in [4.78, 5) is 10.4. The number of hydrogen-bond acceptors (Lipinski definition) is 3. The van der Waals surface area contributed by atoms with E-state index in [1.165, 1.54) is 32.1 Å². The van der Waals surface area contributed by atoms with Crippen molar-refractivity contribution in [1.82, 2.24) is 0 Å². The summed E-state index contributed by atoms with van der Waals surface area (Å²) in [5.74, 6) is 0.709. The molecule has 0 unspecified atom stereocenters. The summed E-state index contributed by atoms with van der Waals surface area (Å²) >= 11 is 2.17. The summed E-state index contributed by atoms with van der Waals surface area (Å²) in [6.45, 7) is 5.55. The van der Waals surface area contributed by atoms with Crippen LogP contribution in [0.2, 0.25) is 0 Å². The van der Waals surface area contributed by atoms with Crippen LogP contribution in [-0.4, -0.2) is 11.5 Å². The van der Waals surface area contributed by atoms with Crippen LogP contribution < -0.4 is 5.32 Å². The molecular formula is C16H23IN2O2. The van der Waals surface area contributed by atoms with Crippen LogP contribution >= 0.6 is 22.6 Å². The van der Waals surface area contributed by atoms with Gasteiger partial charge in [0, 0.05) is 27.9 Å². The van der Waals surface area contributed by atoms with Crippen LogP contribution in [0, 0.1) is 25.0 Å². The van der Waals surface area contributed by atoms with E-state index in [2.05, 4.69) is 41.8 Å². The second-order valence-corrected chi connectivity index (χ2v) is 7.74. The number of rotatable bonds is 6. The predicted octanol–water partition coefficient (Wildman–Crippen LogP) is 5.22. The van der Waals surface area contributed by atoms with Gasteiger partial charge in [-0.3, -0.25) is 10.1 Å². The molecule has 0 saturated heterocycles. The number of halogens is 1. The average molecular weight is 402 g/mol. The number of hydrogen-bond donors (Lipinski definition) is 1. The lowest BCUT2D eigenvalue weighted by Crippen LogP contribution is -2.28. The molecule has 0 aliphatic heterocycles. The minimum Gasteiger partial charge on any atom is -0.384 e. The zero-order chi connectivity index (χ0) is 15.5. The number of benzene rings is 1. The first-order chi connectivity index (χ1) is 9.92. The molecule has 5 heteroatoms. The molecule has 1 aromatic rings. The molecule has 1 fully saturated rings. The molecule has 1 aliphatic rings. The van der Waals surface area contributed by atoms with Crippen LogP contribution in [-0.2, 0) is 0 Å². The largest absolute Gasteiger partial charge is 0.384 e. The highest BCUT2D eigenvalue weighted by Gasteiger charge is 2.34. The minimum atomic E-state index is -0.344. The smallest absolute Gasteiger partial charge is 0.270 e. The molecule has 21 heavy (non-hydrogen) atoms. The van der Waals surface area contributed by atoms with E-state index >= 15 is 0 Å². The molecule has 2 rings (SSSR count). The number of non-ortho nitro benzene ring substituents is 1. The standard InChI is InChI=1S/C16H23IN2O2/c1-12(2)10-16(7-3-4-8-16)11-18-15-6-5-13(19(20)21)9-14(15)17/h5-6,9,12,18H,3-4,7-8,10-11H2,1-2H3. The van der Waals surface area contributed by atoms with Crippen LogP contribution in [0.5, 0.6) is 0 Å². The normalized spacial score (nSPS) is 17.1. The number of nitrogens with one attached hydrogen (secondary N) is 1. The molecule has 1 N–H and O–H groups in total. The van der Waals surface area contributed by atoms with Crippen molar-refractivity contribution >= 4 is 34.0 Å². The Balaban J connectivity index is 2.06. The van der Waals surface area contributed by atoms with Gasteiger partial charge in [0.2, 0.25) is 0 Å². The first kappa shape index (κ1) is 16.5. The van der Waals surface area contributed by atoms with Crippen molar-refractivity contribution in [3.8, 4) is 0 Å². The van der Waals surface area contributed by atoms with Gasteiger partial charge in [-0.1, -0.05) is 26.7 Å². The molecule has 0 spiro atoms. The Morgan fingerprint density at radius 2 is 2.05 bits per heavy atom. The number of nitro benzene ring substituents is 1. The van der Waals surface area contributed by atoms with E-state index in [0.717, 1.165) is 15.8 Å². The lowest BCUT2D eigenvalue weighted by molar-refractivity contribution is -0.384. The minimum absolute atomic E-state index is 0.155. The zero-order valence-corrected chi connectivity index (χ0v) is 14.9. The lowest BCUT2D eigenvalue weighted by atomic mass is 9.78. The fourth-order valence-corrected chi connectivity index (χ4v) is 4.18. The van der Waals surface area contributed by atoms with Gasteiger partial charge in [-0.15, -0.1) is 0 Å². The van der Waals surface area contributed by atoms with Crippen molar-refractivity contribution in [2.24, 2.45) is 11.3 Å². The first-order valence-electron chi connectivity index (χ1n) is 7.60. The van der Waals surface area contributed by atoms with E-state index in [1.54, 1.807) is 12.1 Å². The van der Waals surface area contributed by atoms with E-state index in [9.17, 15) is 10.1 Å². The summed E-state index contributed by atoms with van der Waals surface area (Å²) in [7, 11) is 0. The summed E-state index contributed by atoms with van der Waals surface area (Å²) in [5.41, 5.74) is 1.57. The fraction of sp³-hybridized carbons (Fsp3) is 0.625. The summed E-state index contributed by atoms with van der Waals surface area (Å²) in [6.07, 6.45) is 6.49. The number of nitrogens with zero attached hydrogens (tertiary/aromatic N) is 1. The third kappa shape index (κ3) is 4.31. The monoisotopic (exact) mass is 402 g/mol. The van der Waals surface area contributed by atoms with Gasteiger partial charge in [0.1, 0.15) is 0 Å². The van der Waals surface area contributed by atoms with Crippen LogP contribution in [0.25, 0.3) is 0 Å². The van der Waals surface area contributed by atoms with Gasteiger partial charge in [-0.05, 0) is 59.3 Å². The molecule has 0 atom stereocenters. The quantitative estimate of drug-likeness (QED) is 0.403. The molecule has 0 radical (unpaired) electrons. The molecule has 116 valence electrons. The van der Waals surface area contributed by atoms with Crippen molar-refractivity contribution in [2.75, 3.05) is 11.9 Å². The second kappa shape index (κ2) is 6.94. The highest BCUT2D eigenvalue weighted by molar-refractivity contribution is 14.1. The third-order valence-corrected chi connectivity index (χ3v) is 5.22.